The van der Waals surface area contributed by atoms with Crippen molar-refractivity contribution < 1.29 is 22.3 Å². The van der Waals surface area contributed by atoms with Crippen LogP contribution >= 0.6 is 11.6 Å². The number of benzene rings is 3. The molecule has 0 saturated carbocycles. The highest BCUT2D eigenvalue weighted by molar-refractivity contribution is 7.92. The summed E-state index contributed by atoms with van der Waals surface area (Å²) in [6, 6.07) is 13.2. The first-order valence-electron chi connectivity index (χ1n) is 9.88. The van der Waals surface area contributed by atoms with Gasteiger partial charge in [-0.25, -0.2) is 12.8 Å². The van der Waals surface area contributed by atoms with Gasteiger partial charge >= 0.3 is 0 Å². The van der Waals surface area contributed by atoms with Crippen molar-refractivity contribution in [1.29, 1.82) is 0 Å². The molecule has 1 atom stereocenters. The maximum atomic E-state index is 14.5. The molecule has 0 heterocycles. The van der Waals surface area contributed by atoms with Crippen LogP contribution in [0.4, 0.5) is 10.1 Å². The number of halogens is 2. The Morgan fingerprint density at radius 3 is 2.22 bits per heavy atom. The Bertz CT molecular complexity index is 1250. The van der Waals surface area contributed by atoms with Gasteiger partial charge in [-0.1, -0.05) is 23.7 Å². The van der Waals surface area contributed by atoms with Crippen LogP contribution in [0.15, 0.2) is 59.5 Å². The minimum atomic E-state index is -4.13. The van der Waals surface area contributed by atoms with Gasteiger partial charge in [0.1, 0.15) is 17.3 Å². The summed E-state index contributed by atoms with van der Waals surface area (Å²) in [6.07, 6.45) is 0. The van der Waals surface area contributed by atoms with E-state index >= 15 is 0 Å². The van der Waals surface area contributed by atoms with Crippen molar-refractivity contribution in [2.75, 3.05) is 18.5 Å². The second-order valence-electron chi connectivity index (χ2n) is 7.43. The number of aryl methyl sites for hydroxylation is 2. The minimum Gasteiger partial charge on any atom is -0.497 e. The van der Waals surface area contributed by atoms with Crippen LogP contribution in [-0.2, 0) is 10.0 Å². The molecule has 32 heavy (non-hydrogen) atoms. The smallest absolute Gasteiger partial charge is 0.264 e. The largest absolute Gasteiger partial charge is 0.497 e. The second-order valence-corrected chi connectivity index (χ2v) is 9.65. The first-order valence-corrected chi connectivity index (χ1v) is 11.7. The van der Waals surface area contributed by atoms with Crippen molar-refractivity contribution in [3.63, 3.8) is 0 Å². The van der Waals surface area contributed by atoms with Crippen molar-refractivity contribution >= 4 is 27.3 Å². The maximum Gasteiger partial charge on any atom is 0.264 e. The molecular weight excluding hydrogens is 453 g/mol. The van der Waals surface area contributed by atoms with E-state index in [2.05, 4.69) is 0 Å². The normalized spacial score (nSPS) is 12.3. The van der Waals surface area contributed by atoms with Gasteiger partial charge in [0.05, 0.1) is 30.8 Å². The topological polar surface area (TPSA) is 55.8 Å². The first-order chi connectivity index (χ1) is 15.1. The van der Waals surface area contributed by atoms with E-state index in [0.717, 1.165) is 5.56 Å². The summed E-state index contributed by atoms with van der Waals surface area (Å²) in [4.78, 5) is 0.00259. The third-order valence-corrected chi connectivity index (χ3v) is 7.65. The third kappa shape index (κ3) is 4.54. The number of hydrogen-bond acceptors (Lipinski definition) is 4. The van der Waals surface area contributed by atoms with Gasteiger partial charge in [0.25, 0.3) is 10.0 Å². The molecule has 0 aromatic heterocycles. The summed E-state index contributed by atoms with van der Waals surface area (Å²) < 4.78 is 54.1. The SMILES string of the molecule is COc1ccc(OC)c(C(C)N(c2ccc(C)c(F)c2)S(=O)(=O)c2ccc(C)c(Cl)c2)c1. The van der Waals surface area contributed by atoms with Gasteiger partial charge in [-0.15, -0.1) is 0 Å². The third-order valence-electron chi connectivity index (χ3n) is 5.35. The molecule has 3 rings (SSSR count). The molecule has 3 aromatic rings. The van der Waals surface area contributed by atoms with Gasteiger partial charge in [-0.3, -0.25) is 4.31 Å². The number of rotatable bonds is 7. The molecule has 0 bridgehead atoms. The van der Waals surface area contributed by atoms with E-state index in [4.69, 9.17) is 21.1 Å². The van der Waals surface area contributed by atoms with Crippen LogP contribution in [0.2, 0.25) is 5.02 Å². The van der Waals surface area contributed by atoms with Gasteiger partial charge in [0.2, 0.25) is 0 Å². The number of sulfonamides is 1. The van der Waals surface area contributed by atoms with Gasteiger partial charge in [-0.05, 0) is 74.4 Å². The summed E-state index contributed by atoms with van der Waals surface area (Å²) in [5.41, 5.74) is 1.91. The number of anilines is 1. The number of ether oxygens (including phenoxy) is 2. The molecule has 0 radical (unpaired) electrons. The molecule has 0 spiro atoms. The second kappa shape index (κ2) is 9.38. The van der Waals surface area contributed by atoms with E-state index in [1.807, 2.05) is 0 Å². The van der Waals surface area contributed by atoms with Crippen LogP contribution in [0, 0.1) is 19.7 Å². The highest BCUT2D eigenvalue weighted by atomic mass is 35.5. The lowest BCUT2D eigenvalue weighted by Gasteiger charge is -2.32. The van der Waals surface area contributed by atoms with E-state index in [1.165, 1.54) is 36.7 Å². The summed E-state index contributed by atoms with van der Waals surface area (Å²) in [5, 5.41) is 0.327. The Hall–Kier alpha value is -2.77. The lowest BCUT2D eigenvalue weighted by molar-refractivity contribution is 0.396. The molecular formula is C24H25ClFNO4S. The lowest BCUT2D eigenvalue weighted by Crippen LogP contribution is -2.34. The molecule has 8 heteroatoms. The van der Waals surface area contributed by atoms with Crippen LogP contribution < -0.4 is 13.8 Å². The number of hydrogen-bond donors (Lipinski definition) is 0. The van der Waals surface area contributed by atoms with Gasteiger partial charge in [-0.2, -0.15) is 0 Å². The Labute approximate surface area is 193 Å². The van der Waals surface area contributed by atoms with Crippen molar-refractivity contribution in [2.24, 2.45) is 0 Å². The van der Waals surface area contributed by atoms with E-state index in [9.17, 15) is 12.8 Å². The molecule has 5 nitrogen and oxygen atoms in total. The number of nitrogens with zero attached hydrogens (tertiary/aromatic N) is 1. The van der Waals surface area contributed by atoms with Crippen molar-refractivity contribution in [3.05, 3.63) is 82.1 Å². The molecule has 0 saturated heterocycles. The number of methoxy groups -OCH3 is 2. The maximum absolute atomic E-state index is 14.5. The van der Waals surface area contributed by atoms with E-state index in [0.29, 0.717) is 27.6 Å². The summed E-state index contributed by atoms with van der Waals surface area (Å²) >= 11 is 6.22. The van der Waals surface area contributed by atoms with E-state index in [-0.39, 0.29) is 10.6 Å². The Kier molecular flexibility index (Phi) is 7.00. The molecule has 0 amide bonds. The summed E-state index contributed by atoms with van der Waals surface area (Å²) in [7, 11) is -1.10. The Balaban J connectivity index is 2.26. The Morgan fingerprint density at radius 2 is 1.62 bits per heavy atom. The fraction of sp³-hybridized carbons (Fsp3) is 0.250. The molecule has 3 aromatic carbocycles. The van der Waals surface area contributed by atoms with Crippen LogP contribution in [0.1, 0.15) is 29.7 Å². The standard InChI is InChI=1S/C24H25ClFNO4S/c1-15-7-10-20(14-22(15)25)32(28,29)27(18-8-6-16(2)23(26)12-18)17(3)21-13-19(30-4)9-11-24(21)31-5/h6-14,17H,1-5H3. The van der Waals surface area contributed by atoms with Gasteiger partial charge in [0, 0.05) is 10.6 Å². The molecule has 170 valence electrons. The highest BCUT2D eigenvalue weighted by Gasteiger charge is 2.33. The molecule has 0 fully saturated rings. The lowest BCUT2D eigenvalue weighted by atomic mass is 10.1. The molecule has 0 aliphatic carbocycles. The average molecular weight is 478 g/mol. The Morgan fingerprint density at radius 1 is 0.938 bits per heavy atom. The van der Waals surface area contributed by atoms with Gasteiger partial charge in [0.15, 0.2) is 0 Å². The first kappa shape index (κ1) is 23.9. The molecule has 0 N–H and O–H groups in total. The van der Waals surface area contributed by atoms with Crippen LogP contribution in [0.5, 0.6) is 11.5 Å². The predicted octanol–water partition coefficient (Wildman–Crippen LogP) is 6.07. The van der Waals surface area contributed by atoms with Crippen LogP contribution in [0.25, 0.3) is 0 Å². The highest BCUT2D eigenvalue weighted by Crippen LogP contribution is 2.39. The van der Waals surface area contributed by atoms with E-state index in [1.54, 1.807) is 57.2 Å². The zero-order valence-corrected chi connectivity index (χ0v) is 20.1. The van der Waals surface area contributed by atoms with Crippen molar-refractivity contribution in [1.82, 2.24) is 0 Å². The van der Waals surface area contributed by atoms with Crippen molar-refractivity contribution in [2.45, 2.75) is 31.7 Å². The van der Waals surface area contributed by atoms with Crippen molar-refractivity contribution in [3.8, 4) is 11.5 Å². The quantitative estimate of drug-likeness (QED) is 0.414. The summed E-state index contributed by atoms with van der Waals surface area (Å²) in [5.74, 6) is 0.515. The van der Waals surface area contributed by atoms with Crippen LogP contribution in [-0.4, -0.2) is 22.6 Å². The zero-order valence-electron chi connectivity index (χ0n) is 18.5. The minimum absolute atomic E-state index is 0.00259. The van der Waals surface area contributed by atoms with E-state index < -0.39 is 21.9 Å². The predicted molar refractivity (Wildman–Crippen MR) is 125 cm³/mol. The fourth-order valence-corrected chi connectivity index (χ4v) is 5.33. The monoisotopic (exact) mass is 477 g/mol. The zero-order chi connectivity index (χ0) is 23.6. The molecule has 0 aliphatic rings. The average Bonchev–Trinajstić information content (AvgIpc) is 2.77. The van der Waals surface area contributed by atoms with Gasteiger partial charge < -0.3 is 9.47 Å². The molecule has 0 aliphatic heterocycles. The molecule has 1 unspecified atom stereocenters. The summed E-state index contributed by atoms with van der Waals surface area (Å²) in [6.45, 7) is 5.12. The fourth-order valence-electron chi connectivity index (χ4n) is 3.43. The van der Waals surface area contributed by atoms with Crippen LogP contribution in [0.3, 0.4) is 0 Å².